The Bertz CT molecular complexity index is 698. The van der Waals surface area contributed by atoms with Gasteiger partial charge in [0.2, 0.25) is 0 Å². The van der Waals surface area contributed by atoms with Crippen molar-refractivity contribution in [2.24, 2.45) is 0 Å². The smallest absolute Gasteiger partial charge is 0.00755 e. The van der Waals surface area contributed by atoms with E-state index in [1.807, 2.05) is 0 Å². The average molecular weight is 238 g/mol. The molecule has 0 spiro atoms. The molecule has 0 aromatic heterocycles. The highest BCUT2D eigenvalue weighted by molar-refractivity contribution is 7.98. The standard InChI is InChI=1S/C16H14S/c1-11-3-4-12-8-13-5-6-16(17-2)10-15(13)9-14(12)7-11/h3-10H,1-2H3. The van der Waals surface area contributed by atoms with Gasteiger partial charge in [-0.1, -0.05) is 29.8 Å². The van der Waals surface area contributed by atoms with E-state index in [-0.39, 0.29) is 0 Å². The molecule has 0 nitrogen and oxygen atoms in total. The molecule has 0 fully saturated rings. The number of fused-ring (bicyclic) bond motifs is 2. The van der Waals surface area contributed by atoms with Crippen LogP contribution in [0.2, 0.25) is 0 Å². The summed E-state index contributed by atoms with van der Waals surface area (Å²) in [5, 5.41) is 5.30. The number of thioether (sulfide) groups is 1. The van der Waals surface area contributed by atoms with Crippen LogP contribution in [-0.4, -0.2) is 6.26 Å². The van der Waals surface area contributed by atoms with E-state index in [1.54, 1.807) is 11.8 Å². The van der Waals surface area contributed by atoms with Crippen molar-refractivity contribution in [2.45, 2.75) is 11.8 Å². The number of hydrogen-bond donors (Lipinski definition) is 0. The van der Waals surface area contributed by atoms with E-state index in [9.17, 15) is 0 Å². The molecule has 0 saturated heterocycles. The molecule has 0 saturated carbocycles. The maximum Gasteiger partial charge on any atom is 0.00755 e. The maximum atomic E-state index is 2.29. The molecule has 0 atom stereocenters. The van der Waals surface area contributed by atoms with Gasteiger partial charge in [0.1, 0.15) is 0 Å². The van der Waals surface area contributed by atoms with Crippen molar-refractivity contribution < 1.29 is 0 Å². The predicted octanol–water partition coefficient (Wildman–Crippen LogP) is 5.02. The van der Waals surface area contributed by atoms with Crippen molar-refractivity contribution in [1.82, 2.24) is 0 Å². The molecule has 3 aromatic rings. The van der Waals surface area contributed by atoms with Gasteiger partial charge in [-0.15, -0.1) is 11.8 Å². The van der Waals surface area contributed by atoms with Gasteiger partial charge in [0, 0.05) is 4.90 Å². The van der Waals surface area contributed by atoms with Gasteiger partial charge in [0.15, 0.2) is 0 Å². The molecule has 0 aliphatic rings. The van der Waals surface area contributed by atoms with Crippen molar-refractivity contribution in [1.29, 1.82) is 0 Å². The zero-order chi connectivity index (χ0) is 11.8. The van der Waals surface area contributed by atoms with Crippen LogP contribution in [0.1, 0.15) is 5.56 Å². The first kappa shape index (κ1) is 10.7. The fourth-order valence-electron chi connectivity index (χ4n) is 2.22. The van der Waals surface area contributed by atoms with Crippen molar-refractivity contribution >= 4 is 33.3 Å². The van der Waals surface area contributed by atoms with Crippen LogP contribution < -0.4 is 0 Å². The van der Waals surface area contributed by atoms with E-state index in [1.165, 1.54) is 32.0 Å². The quantitative estimate of drug-likeness (QED) is 0.423. The van der Waals surface area contributed by atoms with Crippen molar-refractivity contribution in [3.8, 4) is 0 Å². The molecule has 0 bridgehead atoms. The Kier molecular flexibility index (Phi) is 2.56. The molecule has 0 heterocycles. The zero-order valence-electron chi connectivity index (χ0n) is 10.0. The lowest BCUT2D eigenvalue weighted by atomic mass is 10.0. The summed E-state index contributed by atoms with van der Waals surface area (Å²) in [5.41, 5.74) is 1.32. The van der Waals surface area contributed by atoms with Crippen LogP contribution in [-0.2, 0) is 0 Å². The molecule has 0 aliphatic heterocycles. The molecule has 0 amide bonds. The van der Waals surface area contributed by atoms with Gasteiger partial charge >= 0.3 is 0 Å². The molecule has 17 heavy (non-hydrogen) atoms. The van der Waals surface area contributed by atoms with Crippen molar-refractivity contribution in [2.75, 3.05) is 6.26 Å². The largest absolute Gasteiger partial charge is 0.130 e. The topological polar surface area (TPSA) is 0 Å². The average Bonchev–Trinajstić information content (AvgIpc) is 2.35. The SMILES string of the molecule is CSc1ccc2cc3ccc(C)cc3cc2c1. The molecule has 84 valence electrons. The van der Waals surface area contributed by atoms with E-state index >= 15 is 0 Å². The highest BCUT2D eigenvalue weighted by Gasteiger charge is 1.99. The van der Waals surface area contributed by atoms with Crippen LogP contribution in [0.15, 0.2) is 53.4 Å². The van der Waals surface area contributed by atoms with Crippen LogP contribution in [0.4, 0.5) is 0 Å². The van der Waals surface area contributed by atoms with Crippen LogP contribution in [0, 0.1) is 6.92 Å². The first-order chi connectivity index (χ1) is 8.26. The summed E-state index contributed by atoms with van der Waals surface area (Å²) in [6.07, 6.45) is 2.12. The Morgan fingerprint density at radius 2 is 1.35 bits per heavy atom. The van der Waals surface area contributed by atoms with Crippen molar-refractivity contribution in [3.05, 3.63) is 54.1 Å². The fourth-order valence-corrected chi connectivity index (χ4v) is 2.67. The highest BCUT2D eigenvalue weighted by atomic mass is 32.2. The van der Waals surface area contributed by atoms with Crippen LogP contribution in [0.5, 0.6) is 0 Å². The van der Waals surface area contributed by atoms with Gasteiger partial charge in [0.05, 0.1) is 0 Å². The second kappa shape index (κ2) is 4.08. The van der Waals surface area contributed by atoms with Gasteiger partial charge in [-0.3, -0.25) is 0 Å². The van der Waals surface area contributed by atoms with Crippen LogP contribution >= 0.6 is 11.8 Å². The molecule has 1 heteroatoms. The summed E-state index contributed by atoms with van der Waals surface area (Å²) in [7, 11) is 0. The van der Waals surface area contributed by atoms with E-state index in [2.05, 4.69) is 61.7 Å². The van der Waals surface area contributed by atoms with Gasteiger partial charge < -0.3 is 0 Å². The Hall–Kier alpha value is -1.47. The fraction of sp³-hybridized carbons (Fsp3) is 0.125. The Labute approximate surface area is 106 Å². The van der Waals surface area contributed by atoms with Gasteiger partial charge in [-0.05, 0) is 59.0 Å². The zero-order valence-corrected chi connectivity index (χ0v) is 10.8. The summed E-state index contributed by atoms with van der Waals surface area (Å²) in [4.78, 5) is 1.32. The Morgan fingerprint density at radius 3 is 2.12 bits per heavy atom. The lowest BCUT2D eigenvalue weighted by Gasteiger charge is -2.05. The second-order valence-electron chi connectivity index (χ2n) is 4.42. The number of benzene rings is 3. The first-order valence-corrected chi connectivity index (χ1v) is 6.97. The monoisotopic (exact) mass is 238 g/mol. The number of aryl methyl sites for hydroxylation is 1. The third kappa shape index (κ3) is 1.91. The second-order valence-corrected chi connectivity index (χ2v) is 5.30. The normalized spacial score (nSPS) is 11.2. The molecule has 0 unspecified atom stereocenters. The molecular formula is C16H14S. The van der Waals surface area contributed by atoms with Crippen LogP contribution in [0.3, 0.4) is 0 Å². The summed E-state index contributed by atoms with van der Waals surface area (Å²) in [6.45, 7) is 2.14. The Balaban J connectivity index is 2.36. The maximum absolute atomic E-state index is 2.29. The van der Waals surface area contributed by atoms with E-state index in [4.69, 9.17) is 0 Å². The lowest BCUT2D eigenvalue weighted by Crippen LogP contribution is -1.79. The van der Waals surface area contributed by atoms with Gasteiger partial charge in [0.25, 0.3) is 0 Å². The number of rotatable bonds is 1. The molecule has 3 rings (SSSR count). The minimum Gasteiger partial charge on any atom is -0.130 e. The molecule has 0 aliphatic carbocycles. The lowest BCUT2D eigenvalue weighted by molar-refractivity contribution is 1.50. The Morgan fingerprint density at radius 1 is 0.706 bits per heavy atom. The molecule has 0 N–H and O–H groups in total. The van der Waals surface area contributed by atoms with Gasteiger partial charge in [-0.25, -0.2) is 0 Å². The molecule has 3 aromatic carbocycles. The van der Waals surface area contributed by atoms with Crippen molar-refractivity contribution in [3.63, 3.8) is 0 Å². The van der Waals surface area contributed by atoms with E-state index < -0.39 is 0 Å². The predicted molar refractivity (Wildman–Crippen MR) is 78.0 cm³/mol. The third-order valence-corrected chi connectivity index (χ3v) is 3.88. The van der Waals surface area contributed by atoms with E-state index in [0.717, 1.165) is 0 Å². The first-order valence-electron chi connectivity index (χ1n) is 5.74. The number of hydrogen-bond acceptors (Lipinski definition) is 1. The van der Waals surface area contributed by atoms with Crippen LogP contribution in [0.25, 0.3) is 21.5 Å². The van der Waals surface area contributed by atoms with E-state index in [0.29, 0.717) is 0 Å². The summed E-state index contributed by atoms with van der Waals surface area (Å²) in [6, 6.07) is 17.8. The van der Waals surface area contributed by atoms with Gasteiger partial charge in [-0.2, -0.15) is 0 Å². The summed E-state index contributed by atoms with van der Waals surface area (Å²) >= 11 is 1.79. The highest BCUT2D eigenvalue weighted by Crippen LogP contribution is 2.27. The summed E-state index contributed by atoms with van der Waals surface area (Å²) in [5.74, 6) is 0. The summed E-state index contributed by atoms with van der Waals surface area (Å²) < 4.78 is 0. The molecular weight excluding hydrogens is 224 g/mol. The minimum atomic E-state index is 1.32. The minimum absolute atomic E-state index is 1.32. The molecule has 0 radical (unpaired) electrons. The third-order valence-electron chi connectivity index (χ3n) is 3.16.